The van der Waals surface area contributed by atoms with Crippen LogP contribution < -0.4 is 10.6 Å². The summed E-state index contributed by atoms with van der Waals surface area (Å²) in [6.07, 6.45) is 2.23. The summed E-state index contributed by atoms with van der Waals surface area (Å²) in [6.45, 7) is 10.8. The lowest BCUT2D eigenvalue weighted by Gasteiger charge is -2.25. The molecule has 2 N–H and O–H groups in total. The van der Waals surface area contributed by atoms with Crippen LogP contribution in [0.2, 0.25) is 0 Å². The largest absolute Gasteiger partial charge is 0.396 e. The number of pyridine rings is 1. The molecule has 4 heteroatoms. The first-order valence-corrected chi connectivity index (χ1v) is 7.35. The van der Waals surface area contributed by atoms with Gasteiger partial charge < -0.3 is 10.6 Å². The van der Waals surface area contributed by atoms with Gasteiger partial charge in [-0.3, -0.25) is 0 Å². The molecule has 1 rings (SSSR count). The molecule has 0 saturated heterocycles. The molecule has 0 bridgehead atoms. The topological polar surface area (TPSA) is 65.9 Å². The van der Waals surface area contributed by atoms with Crippen LogP contribution in [0, 0.1) is 23.2 Å². The van der Waals surface area contributed by atoms with Crippen LogP contribution in [0.1, 0.15) is 46.2 Å². The fourth-order valence-corrected chi connectivity index (χ4v) is 1.89. The predicted octanol–water partition coefficient (Wildman–Crippen LogP) is 3.43. The Morgan fingerprint density at radius 3 is 2.15 bits per heavy atom. The Bertz CT molecular complexity index is 448. The third kappa shape index (κ3) is 5.08. The smallest absolute Gasteiger partial charge is 0.165 e. The van der Waals surface area contributed by atoms with Gasteiger partial charge in [0.15, 0.2) is 5.69 Å². The van der Waals surface area contributed by atoms with Crippen molar-refractivity contribution in [3.63, 3.8) is 0 Å². The summed E-state index contributed by atoms with van der Waals surface area (Å²) < 4.78 is 0. The van der Waals surface area contributed by atoms with Crippen molar-refractivity contribution in [2.45, 2.75) is 40.5 Å². The first kappa shape index (κ1) is 16.3. The molecule has 1 heterocycles. The van der Waals surface area contributed by atoms with Crippen LogP contribution in [0.3, 0.4) is 0 Å². The molecule has 20 heavy (non-hydrogen) atoms. The lowest BCUT2D eigenvalue weighted by Crippen LogP contribution is -2.28. The van der Waals surface area contributed by atoms with Gasteiger partial charge in [-0.15, -0.1) is 0 Å². The number of rotatable bonds is 7. The zero-order chi connectivity index (χ0) is 15.1. The molecule has 0 aliphatic heterocycles. The van der Waals surface area contributed by atoms with Crippen LogP contribution >= 0.6 is 0 Å². The molecule has 1 aromatic rings. The zero-order valence-corrected chi connectivity index (χ0v) is 13.1. The zero-order valence-electron chi connectivity index (χ0n) is 13.1. The number of hydrogen-bond donors (Lipinski definition) is 1. The van der Waals surface area contributed by atoms with Crippen molar-refractivity contribution in [1.82, 2.24) is 4.98 Å². The van der Waals surface area contributed by atoms with Gasteiger partial charge in [0.1, 0.15) is 11.9 Å². The molecule has 110 valence electrons. The van der Waals surface area contributed by atoms with Gasteiger partial charge in [0.05, 0.1) is 5.69 Å². The van der Waals surface area contributed by atoms with E-state index in [9.17, 15) is 0 Å². The number of hydrogen-bond acceptors (Lipinski definition) is 4. The maximum Gasteiger partial charge on any atom is 0.165 e. The van der Waals surface area contributed by atoms with Crippen LogP contribution in [0.5, 0.6) is 0 Å². The molecule has 0 aromatic carbocycles. The molecule has 1 aromatic heterocycles. The fourth-order valence-electron chi connectivity index (χ4n) is 1.89. The van der Waals surface area contributed by atoms with Gasteiger partial charge in [-0.2, -0.15) is 5.26 Å². The fraction of sp³-hybridized carbons (Fsp3) is 0.625. The van der Waals surface area contributed by atoms with Gasteiger partial charge in [0.25, 0.3) is 0 Å². The maximum atomic E-state index is 9.05. The normalized spacial score (nSPS) is 10.8. The molecular formula is C16H26N4. The van der Waals surface area contributed by atoms with Crippen molar-refractivity contribution in [3.8, 4) is 6.07 Å². The number of aromatic nitrogens is 1. The van der Waals surface area contributed by atoms with Crippen LogP contribution in [0.15, 0.2) is 12.1 Å². The van der Waals surface area contributed by atoms with E-state index in [1.807, 2.05) is 6.07 Å². The summed E-state index contributed by atoms with van der Waals surface area (Å²) in [5.74, 6) is 2.17. The number of nitrogens with two attached hydrogens (primary N) is 1. The van der Waals surface area contributed by atoms with Crippen LogP contribution in [-0.2, 0) is 0 Å². The quantitative estimate of drug-likeness (QED) is 0.827. The highest BCUT2D eigenvalue weighted by Crippen LogP contribution is 2.18. The average Bonchev–Trinajstić information content (AvgIpc) is 2.39. The Morgan fingerprint density at radius 2 is 1.70 bits per heavy atom. The van der Waals surface area contributed by atoms with E-state index in [1.54, 1.807) is 6.07 Å². The summed E-state index contributed by atoms with van der Waals surface area (Å²) in [7, 11) is 0. The summed E-state index contributed by atoms with van der Waals surface area (Å²) >= 11 is 0. The molecule has 0 amide bonds. The molecule has 0 atom stereocenters. The minimum Gasteiger partial charge on any atom is -0.396 e. The van der Waals surface area contributed by atoms with Crippen molar-refractivity contribution in [2.75, 3.05) is 23.7 Å². The van der Waals surface area contributed by atoms with E-state index in [1.165, 1.54) is 0 Å². The summed E-state index contributed by atoms with van der Waals surface area (Å²) in [6, 6.07) is 5.75. The van der Waals surface area contributed by atoms with Crippen LogP contribution in [0.25, 0.3) is 0 Å². The molecule has 0 aliphatic rings. The SMILES string of the molecule is CC(C)CCN(CCC(C)C)c1ccc(N)c(C#N)n1. The van der Waals surface area contributed by atoms with Gasteiger partial charge in [0, 0.05) is 13.1 Å². The van der Waals surface area contributed by atoms with E-state index in [0.29, 0.717) is 23.2 Å². The molecule has 0 saturated carbocycles. The molecule has 0 aliphatic carbocycles. The number of nitrogens with zero attached hydrogens (tertiary/aromatic N) is 3. The molecule has 0 spiro atoms. The van der Waals surface area contributed by atoms with Crippen molar-refractivity contribution in [1.29, 1.82) is 5.26 Å². The van der Waals surface area contributed by atoms with E-state index < -0.39 is 0 Å². The second-order valence-electron chi connectivity index (χ2n) is 6.07. The molecule has 0 unspecified atom stereocenters. The molecule has 4 nitrogen and oxygen atoms in total. The Hall–Kier alpha value is -1.76. The first-order chi connectivity index (χ1) is 9.43. The number of nitriles is 1. The molecular weight excluding hydrogens is 248 g/mol. The summed E-state index contributed by atoms with van der Waals surface area (Å²) in [5.41, 5.74) is 6.51. The minimum absolute atomic E-state index is 0.321. The van der Waals surface area contributed by atoms with E-state index >= 15 is 0 Å². The van der Waals surface area contributed by atoms with Gasteiger partial charge >= 0.3 is 0 Å². The summed E-state index contributed by atoms with van der Waals surface area (Å²) in [5, 5.41) is 9.05. The Balaban J connectivity index is 2.88. The van der Waals surface area contributed by atoms with Crippen LogP contribution in [-0.4, -0.2) is 18.1 Å². The minimum atomic E-state index is 0.321. The average molecular weight is 274 g/mol. The Morgan fingerprint density at radius 1 is 1.15 bits per heavy atom. The second-order valence-corrected chi connectivity index (χ2v) is 6.07. The Labute approximate surface area is 122 Å². The predicted molar refractivity (Wildman–Crippen MR) is 84.5 cm³/mol. The highest BCUT2D eigenvalue weighted by Gasteiger charge is 2.11. The lowest BCUT2D eigenvalue weighted by atomic mass is 10.1. The van der Waals surface area contributed by atoms with Gasteiger partial charge in [-0.25, -0.2) is 4.98 Å². The van der Waals surface area contributed by atoms with Crippen molar-refractivity contribution in [3.05, 3.63) is 17.8 Å². The first-order valence-electron chi connectivity index (χ1n) is 7.35. The van der Waals surface area contributed by atoms with E-state index in [0.717, 1.165) is 31.7 Å². The van der Waals surface area contributed by atoms with E-state index in [2.05, 4.69) is 43.6 Å². The van der Waals surface area contributed by atoms with E-state index in [-0.39, 0.29) is 0 Å². The van der Waals surface area contributed by atoms with Gasteiger partial charge in [0.2, 0.25) is 0 Å². The highest BCUT2D eigenvalue weighted by atomic mass is 15.2. The third-order valence-electron chi connectivity index (χ3n) is 3.29. The van der Waals surface area contributed by atoms with Gasteiger partial charge in [-0.05, 0) is 36.8 Å². The molecule has 0 radical (unpaired) electrons. The molecule has 0 fully saturated rings. The maximum absolute atomic E-state index is 9.05. The monoisotopic (exact) mass is 274 g/mol. The van der Waals surface area contributed by atoms with Crippen molar-refractivity contribution >= 4 is 11.5 Å². The lowest BCUT2D eigenvalue weighted by molar-refractivity contribution is 0.533. The van der Waals surface area contributed by atoms with Gasteiger partial charge in [-0.1, -0.05) is 27.7 Å². The second kappa shape index (κ2) is 7.74. The number of nitrogen functional groups attached to an aromatic ring is 1. The summed E-state index contributed by atoms with van der Waals surface area (Å²) in [4.78, 5) is 6.65. The van der Waals surface area contributed by atoms with Crippen LogP contribution in [0.4, 0.5) is 11.5 Å². The number of anilines is 2. The standard InChI is InChI=1S/C16H26N4/c1-12(2)7-9-20(10-8-13(3)4)16-6-5-14(18)15(11-17)19-16/h5-6,12-13H,7-10,18H2,1-4H3. The Kier molecular flexibility index (Phi) is 6.30. The highest BCUT2D eigenvalue weighted by molar-refractivity contribution is 5.55. The van der Waals surface area contributed by atoms with Crippen molar-refractivity contribution in [2.24, 2.45) is 11.8 Å². The van der Waals surface area contributed by atoms with E-state index in [4.69, 9.17) is 11.0 Å². The third-order valence-corrected chi connectivity index (χ3v) is 3.29. The van der Waals surface area contributed by atoms with Crippen molar-refractivity contribution < 1.29 is 0 Å².